The van der Waals surface area contributed by atoms with Crippen LogP contribution in [0.4, 0.5) is 0 Å². The molecule has 346 valence electrons. The minimum absolute atomic E-state index is 0.0899. The predicted octanol–water partition coefficient (Wildman–Crippen LogP) is 8.68. The van der Waals surface area contributed by atoms with Crippen LogP contribution in [0.5, 0.6) is 0 Å². The van der Waals surface area contributed by atoms with E-state index in [4.69, 9.17) is 37.3 Å². The standard InChI is InChI=1S/C53H56O11S2/c54-66(55,56)64-50-47(63-53(62-36-45-29-17-6-18-30-45)52(61-35-44-27-15-5-16-28-44)51(50)60-34-43-25-13-4-14-26-43)39-65-38-46(58-32-41-21-9-2-10-22-41)49(59-33-42-23-11-3-12-24-42)48(65)37-57-31-40-19-7-1-8-20-40/h1-30,46-53H,31-39H2/p+1/t46-,47-,48-,49+,50-,51+,52-,53-,65?/m1/s1. The van der Waals surface area contributed by atoms with Crippen molar-refractivity contribution in [2.75, 3.05) is 18.1 Å². The lowest BCUT2D eigenvalue weighted by Crippen LogP contribution is -2.62. The summed E-state index contributed by atoms with van der Waals surface area (Å²) < 4.78 is 89.1. The van der Waals surface area contributed by atoms with Gasteiger partial charge in [-0.2, -0.15) is 8.42 Å². The van der Waals surface area contributed by atoms with E-state index in [0.29, 0.717) is 32.2 Å². The summed E-state index contributed by atoms with van der Waals surface area (Å²) in [5.74, 6) is 0.834. The second kappa shape index (κ2) is 24.3. The Balaban J connectivity index is 1.14. The molecule has 0 saturated carbocycles. The second-order valence-electron chi connectivity index (χ2n) is 16.4. The highest BCUT2D eigenvalue weighted by Crippen LogP contribution is 2.37. The first-order chi connectivity index (χ1) is 32.3. The molecule has 1 unspecified atom stereocenters. The summed E-state index contributed by atoms with van der Waals surface area (Å²) in [6.45, 7) is 1.82. The molecule has 0 aliphatic carbocycles. The van der Waals surface area contributed by atoms with Crippen molar-refractivity contribution in [3.05, 3.63) is 215 Å². The first-order valence-corrected chi connectivity index (χ1v) is 25.2. The molecule has 0 radical (unpaired) electrons. The van der Waals surface area contributed by atoms with E-state index in [1.165, 1.54) is 0 Å². The Morgan fingerprint density at radius 2 is 0.848 bits per heavy atom. The first-order valence-electron chi connectivity index (χ1n) is 22.2. The number of ether oxygens (including phenoxy) is 7. The summed E-state index contributed by atoms with van der Waals surface area (Å²) >= 11 is 0. The zero-order valence-electron chi connectivity index (χ0n) is 36.6. The SMILES string of the molecule is O=S(=O)(O)O[C@H]1[C@H](OCc2ccccc2)[C@@H](OCc2ccccc2)[C@H](OCc2ccccc2)O[C@@H]1C[S+]1C[C@@H](OCc2ccccc2)[C@H](OCc2ccccc2)[C@H]1COCc1ccccc1. The Kier molecular flexibility index (Phi) is 17.6. The molecule has 2 aliphatic rings. The monoisotopic (exact) mass is 933 g/mol. The molecule has 0 spiro atoms. The molecular weight excluding hydrogens is 877 g/mol. The normalized spacial score (nSPS) is 24.3. The maximum absolute atomic E-state index is 13.0. The lowest BCUT2D eigenvalue weighted by Gasteiger charge is -2.44. The van der Waals surface area contributed by atoms with Crippen LogP contribution in [0.2, 0.25) is 0 Å². The van der Waals surface area contributed by atoms with Gasteiger partial charge in [0.1, 0.15) is 48.1 Å². The molecule has 2 heterocycles. The fourth-order valence-electron chi connectivity index (χ4n) is 8.28. The third-order valence-corrected chi connectivity index (χ3v) is 14.8. The van der Waals surface area contributed by atoms with Crippen LogP contribution in [0, 0.1) is 0 Å². The molecule has 6 aromatic carbocycles. The highest BCUT2D eigenvalue weighted by Gasteiger charge is 2.58. The zero-order chi connectivity index (χ0) is 45.4. The second-order valence-corrected chi connectivity index (χ2v) is 19.8. The molecule has 0 bridgehead atoms. The van der Waals surface area contributed by atoms with Crippen molar-refractivity contribution < 1.29 is 50.3 Å². The van der Waals surface area contributed by atoms with Crippen molar-refractivity contribution in [2.45, 2.75) is 87.8 Å². The molecule has 13 heteroatoms. The van der Waals surface area contributed by atoms with Gasteiger partial charge in [-0.15, -0.1) is 0 Å². The number of hydrogen-bond donors (Lipinski definition) is 1. The van der Waals surface area contributed by atoms with Crippen LogP contribution < -0.4 is 0 Å². The first kappa shape index (κ1) is 47.7. The maximum Gasteiger partial charge on any atom is 0.397 e. The number of benzene rings is 6. The average Bonchev–Trinajstić information content (AvgIpc) is 3.67. The van der Waals surface area contributed by atoms with Crippen molar-refractivity contribution >= 4 is 21.3 Å². The molecule has 11 nitrogen and oxygen atoms in total. The summed E-state index contributed by atoms with van der Waals surface area (Å²) in [6.07, 6.45) is -6.24. The van der Waals surface area contributed by atoms with Gasteiger partial charge in [0.25, 0.3) is 0 Å². The molecular formula is C53H57O11S2+. The molecule has 6 aromatic rings. The smallest absolute Gasteiger partial charge is 0.371 e. The number of hydrogen-bond acceptors (Lipinski definition) is 10. The summed E-state index contributed by atoms with van der Waals surface area (Å²) in [4.78, 5) is 0. The molecule has 0 amide bonds. The lowest BCUT2D eigenvalue weighted by molar-refractivity contribution is -0.311. The van der Waals surface area contributed by atoms with Crippen LogP contribution in [0.15, 0.2) is 182 Å². The van der Waals surface area contributed by atoms with E-state index in [2.05, 4.69) is 0 Å². The highest BCUT2D eigenvalue weighted by molar-refractivity contribution is 7.97. The van der Waals surface area contributed by atoms with E-state index in [1.807, 2.05) is 182 Å². The van der Waals surface area contributed by atoms with E-state index in [-0.39, 0.29) is 36.9 Å². The Morgan fingerprint density at radius 3 is 1.29 bits per heavy atom. The van der Waals surface area contributed by atoms with Crippen molar-refractivity contribution in [3.63, 3.8) is 0 Å². The van der Waals surface area contributed by atoms with E-state index < -0.39 is 58.1 Å². The van der Waals surface area contributed by atoms with Gasteiger partial charge in [-0.25, -0.2) is 4.18 Å². The van der Waals surface area contributed by atoms with Crippen LogP contribution >= 0.6 is 0 Å². The van der Waals surface area contributed by atoms with Gasteiger partial charge in [0, 0.05) is 10.9 Å². The van der Waals surface area contributed by atoms with Gasteiger partial charge in [-0.1, -0.05) is 182 Å². The van der Waals surface area contributed by atoms with Crippen molar-refractivity contribution in [1.29, 1.82) is 0 Å². The fourth-order valence-corrected chi connectivity index (χ4v) is 11.7. The third-order valence-electron chi connectivity index (χ3n) is 11.6. The van der Waals surface area contributed by atoms with E-state index in [1.54, 1.807) is 0 Å². The Hall–Kier alpha value is -4.74. The Morgan fingerprint density at radius 1 is 0.470 bits per heavy atom. The van der Waals surface area contributed by atoms with Gasteiger partial charge in [-0.3, -0.25) is 4.55 Å². The van der Waals surface area contributed by atoms with Crippen LogP contribution in [0.3, 0.4) is 0 Å². The van der Waals surface area contributed by atoms with Gasteiger partial charge in [0.2, 0.25) is 0 Å². The minimum atomic E-state index is -5.06. The Labute approximate surface area is 391 Å². The molecule has 2 fully saturated rings. The average molecular weight is 934 g/mol. The topological polar surface area (TPSA) is 128 Å². The van der Waals surface area contributed by atoms with Gasteiger partial charge < -0.3 is 33.2 Å². The minimum Gasteiger partial charge on any atom is -0.371 e. The molecule has 66 heavy (non-hydrogen) atoms. The van der Waals surface area contributed by atoms with Crippen molar-refractivity contribution in [3.8, 4) is 0 Å². The van der Waals surface area contributed by atoms with Crippen molar-refractivity contribution in [1.82, 2.24) is 0 Å². The zero-order valence-corrected chi connectivity index (χ0v) is 38.3. The molecule has 0 aromatic heterocycles. The highest BCUT2D eigenvalue weighted by atomic mass is 32.3. The van der Waals surface area contributed by atoms with E-state index >= 15 is 0 Å². The maximum atomic E-state index is 13.0. The van der Waals surface area contributed by atoms with Gasteiger partial charge >= 0.3 is 10.4 Å². The van der Waals surface area contributed by atoms with Gasteiger partial charge in [-0.05, 0) is 33.4 Å². The van der Waals surface area contributed by atoms with Crippen LogP contribution in [0.25, 0.3) is 0 Å². The summed E-state index contributed by atoms with van der Waals surface area (Å²) in [5.41, 5.74) is 5.71. The quantitative estimate of drug-likeness (QED) is 0.0490. The Bertz CT molecular complexity index is 2400. The van der Waals surface area contributed by atoms with E-state index in [9.17, 15) is 13.0 Å². The van der Waals surface area contributed by atoms with Crippen LogP contribution in [-0.2, 0) is 98.3 Å². The molecule has 1 N–H and O–H groups in total. The fraction of sp³-hybridized carbons (Fsp3) is 0.321. The van der Waals surface area contributed by atoms with Gasteiger partial charge in [0.15, 0.2) is 11.5 Å². The lowest BCUT2D eigenvalue weighted by atomic mass is 9.99. The summed E-state index contributed by atoms with van der Waals surface area (Å²) in [5, 5.41) is -0.215. The molecule has 2 aliphatic heterocycles. The summed E-state index contributed by atoms with van der Waals surface area (Å²) in [7, 11) is -5.66. The van der Waals surface area contributed by atoms with Crippen LogP contribution in [-0.4, -0.2) is 79.2 Å². The largest absolute Gasteiger partial charge is 0.397 e. The molecule has 2 saturated heterocycles. The number of rotatable bonds is 23. The van der Waals surface area contributed by atoms with E-state index in [0.717, 1.165) is 33.4 Å². The van der Waals surface area contributed by atoms with Crippen LogP contribution in [0.1, 0.15) is 33.4 Å². The molecule has 8 rings (SSSR count). The third kappa shape index (κ3) is 14.1. The summed E-state index contributed by atoms with van der Waals surface area (Å²) in [6, 6.07) is 58.9. The van der Waals surface area contributed by atoms with Gasteiger partial charge in [0.05, 0.1) is 46.2 Å². The van der Waals surface area contributed by atoms with Crippen molar-refractivity contribution in [2.24, 2.45) is 0 Å². The predicted molar refractivity (Wildman–Crippen MR) is 253 cm³/mol. The molecule has 9 atom stereocenters.